The van der Waals surface area contributed by atoms with E-state index in [9.17, 15) is 15.0 Å². The van der Waals surface area contributed by atoms with Crippen LogP contribution in [0.1, 0.15) is 15.9 Å². The van der Waals surface area contributed by atoms with E-state index in [2.05, 4.69) is 10.5 Å². The molecular formula is C16H16N2O5. The monoisotopic (exact) mass is 316 g/mol. The highest BCUT2D eigenvalue weighted by Gasteiger charge is 2.13. The normalized spacial score (nSPS) is 10.5. The Labute approximate surface area is 132 Å². The van der Waals surface area contributed by atoms with Crippen molar-refractivity contribution in [3.63, 3.8) is 0 Å². The minimum atomic E-state index is -0.580. The number of hydrazone groups is 1. The Morgan fingerprint density at radius 1 is 1.13 bits per heavy atom. The van der Waals surface area contributed by atoms with Crippen LogP contribution in [0, 0.1) is 0 Å². The van der Waals surface area contributed by atoms with Crippen molar-refractivity contribution in [2.45, 2.75) is 0 Å². The average Bonchev–Trinajstić information content (AvgIpc) is 2.56. The zero-order chi connectivity index (χ0) is 16.8. The molecule has 0 atom stereocenters. The Morgan fingerprint density at radius 2 is 1.87 bits per heavy atom. The Morgan fingerprint density at radius 3 is 2.57 bits per heavy atom. The molecule has 0 aromatic heterocycles. The lowest BCUT2D eigenvalue weighted by Crippen LogP contribution is -2.17. The Kier molecular flexibility index (Phi) is 5.03. The van der Waals surface area contributed by atoms with E-state index in [-0.39, 0.29) is 22.8 Å². The third-order valence-corrected chi connectivity index (χ3v) is 3.05. The van der Waals surface area contributed by atoms with Gasteiger partial charge in [0.1, 0.15) is 0 Å². The number of para-hydroxylation sites is 1. The fourth-order valence-corrected chi connectivity index (χ4v) is 1.87. The number of hydrogen-bond donors (Lipinski definition) is 3. The number of benzene rings is 2. The second-order valence-electron chi connectivity index (χ2n) is 4.49. The van der Waals surface area contributed by atoms with Crippen LogP contribution in [0.4, 0.5) is 0 Å². The number of carbonyl (C=O) groups is 1. The number of nitrogens with zero attached hydrogens (tertiary/aromatic N) is 1. The summed E-state index contributed by atoms with van der Waals surface area (Å²) in [6.07, 6.45) is 1.39. The summed E-state index contributed by atoms with van der Waals surface area (Å²) in [5.41, 5.74) is 2.97. The summed E-state index contributed by atoms with van der Waals surface area (Å²) in [4.78, 5) is 12.0. The first-order valence-electron chi connectivity index (χ1n) is 6.63. The first-order valence-corrected chi connectivity index (χ1v) is 6.63. The molecule has 0 fully saturated rings. The molecule has 7 heteroatoms. The summed E-state index contributed by atoms with van der Waals surface area (Å²) in [6.45, 7) is 0. The number of rotatable bonds is 5. The lowest BCUT2D eigenvalue weighted by Gasteiger charge is -2.07. The molecule has 0 radical (unpaired) electrons. The molecule has 2 rings (SSSR count). The van der Waals surface area contributed by atoms with E-state index in [0.29, 0.717) is 11.3 Å². The molecule has 23 heavy (non-hydrogen) atoms. The molecule has 120 valence electrons. The Balaban J connectivity index is 2.10. The molecule has 0 aliphatic carbocycles. The molecule has 0 unspecified atom stereocenters. The molecule has 0 heterocycles. The summed E-state index contributed by atoms with van der Waals surface area (Å²) in [5, 5.41) is 23.2. The number of phenolic OH excluding ortho intramolecular Hbond substituents is 2. The fourth-order valence-electron chi connectivity index (χ4n) is 1.87. The third kappa shape index (κ3) is 3.70. The number of carbonyl (C=O) groups excluding carboxylic acids is 1. The molecular weight excluding hydrogens is 300 g/mol. The van der Waals surface area contributed by atoms with Gasteiger partial charge in [0, 0.05) is 0 Å². The largest absolute Gasteiger partial charge is 0.504 e. The van der Waals surface area contributed by atoms with Crippen LogP contribution in [0.15, 0.2) is 41.5 Å². The lowest BCUT2D eigenvalue weighted by atomic mass is 10.2. The van der Waals surface area contributed by atoms with E-state index < -0.39 is 5.91 Å². The molecule has 1 amide bonds. The van der Waals surface area contributed by atoms with Crippen molar-refractivity contribution in [1.82, 2.24) is 5.43 Å². The number of nitrogens with one attached hydrogen (secondary N) is 1. The zero-order valence-electron chi connectivity index (χ0n) is 12.6. The summed E-state index contributed by atoms with van der Waals surface area (Å²) < 4.78 is 9.92. The quantitative estimate of drug-likeness (QED) is 0.577. The van der Waals surface area contributed by atoms with Gasteiger partial charge in [0.05, 0.1) is 26.0 Å². The van der Waals surface area contributed by atoms with E-state index in [1.807, 2.05) is 0 Å². The van der Waals surface area contributed by atoms with Crippen LogP contribution in [-0.2, 0) is 0 Å². The predicted octanol–water partition coefficient (Wildman–Crippen LogP) is 1.88. The van der Waals surface area contributed by atoms with Crippen LogP contribution in [0.3, 0.4) is 0 Å². The number of methoxy groups -OCH3 is 2. The zero-order valence-corrected chi connectivity index (χ0v) is 12.6. The van der Waals surface area contributed by atoms with Crippen molar-refractivity contribution in [1.29, 1.82) is 0 Å². The Bertz CT molecular complexity index is 743. The SMILES string of the molecule is COc1cc(/C=N/NC(=O)c2cccc(OC)c2O)ccc1O. The van der Waals surface area contributed by atoms with Crippen LogP contribution < -0.4 is 14.9 Å². The number of amides is 1. The molecule has 0 aliphatic heterocycles. The average molecular weight is 316 g/mol. The summed E-state index contributed by atoms with van der Waals surface area (Å²) in [6, 6.07) is 9.20. The fraction of sp³-hybridized carbons (Fsp3) is 0.125. The molecule has 2 aromatic carbocycles. The van der Waals surface area contributed by atoms with Gasteiger partial charge in [-0.2, -0.15) is 5.10 Å². The van der Waals surface area contributed by atoms with Crippen LogP contribution >= 0.6 is 0 Å². The highest BCUT2D eigenvalue weighted by atomic mass is 16.5. The van der Waals surface area contributed by atoms with Gasteiger partial charge in [0.2, 0.25) is 0 Å². The molecule has 2 aromatic rings. The lowest BCUT2D eigenvalue weighted by molar-refractivity contribution is 0.0952. The molecule has 7 nitrogen and oxygen atoms in total. The van der Waals surface area contributed by atoms with E-state index in [4.69, 9.17) is 9.47 Å². The van der Waals surface area contributed by atoms with Crippen LogP contribution in [0.2, 0.25) is 0 Å². The van der Waals surface area contributed by atoms with Crippen molar-refractivity contribution in [3.8, 4) is 23.0 Å². The minimum Gasteiger partial charge on any atom is -0.504 e. The first-order chi connectivity index (χ1) is 11.1. The van der Waals surface area contributed by atoms with Gasteiger partial charge in [-0.05, 0) is 35.9 Å². The molecule has 3 N–H and O–H groups in total. The van der Waals surface area contributed by atoms with Gasteiger partial charge in [0.25, 0.3) is 5.91 Å². The molecule has 0 saturated heterocycles. The third-order valence-electron chi connectivity index (χ3n) is 3.05. The minimum absolute atomic E-state index is 0.00925. The van der Waals surface area contributed by atoms with Crippen LogP contribution in [0.5, 0.6) is 23.0 Å². The number of ether oxygens (including phenoxy) is 2. The summed E-state index contributed by atoms with van der Waals surface area (Å²) in [5.74, 6) is -0.331. The summed E-state index contributed by atoms with van der Waals surface area (Å²) >= 11 is 0. The smallest absolute Gasteiger partial charge is 0.275 e. The van der Waals surface area contributed by atoms with Gasteiger partial charge in [-0.3, -0.25) is 4.79 Å². The van der Waals surface area contributed by atoms with Crippen molar-refractivity contribution in [3.05, 3.63) is 47.5 Å². The maximum Gasteiger partial charge on any atom is 0.275 e. The maximum atomic E-state index is 12.0. The number of hydrogen-bond acceptors (Lipinski definition) is 6. The highest BCUT2D eigenvalue weighted by molar-refractivity contribution is 5.98. The summed E-state index contributed by atoms with van der Waals surface area (Å²) in [7, 11) is 2.83. The van der Waals surface area contributed by atoms with Gasteiger partial charge >= 0.3 is 0 Å². The van der Waals surface area contributed by atoms with E-state index in [1.54, 1.807) is 18.2 Å². The second kappa shape index (κ2) is 7.17. The highest BCUT2D eigenvalue weighted by Crippen LogP contribution is 2.29. The number of phenols is 2. The molecule has 0 spiro atoms. The standard InChI is InChI=1S/C16H16N2O5/c1-22-13-5-3-4-11(15(13)20)16(21)18-17-9-10-6-7-12(19)14(8-10)23-2/h3-9,19-20H,1-2H3,(H,18,21)/b17-9+. The first kappa shape index (κ1) is 16.2. The van der Waals surface area contributed by atoms with Gasteiger partial charge < -0.3 is 19.7 Å². The van der Waals surface area contributed by atoms with Crippen molar-refractivity contribution in [2.24, 2.45) is 5.10 Å². The maximum absolute atomic E-state index is 12.0. The molecule has 0 aliphatic rings. The van der Waals surface area contributed by atoms with Gasteiger partial charge in [-0.25, -0.2) is 5.43 Å². The van der Waals surface area contributed by atoms with Gasteiger partial charge in [0.15, 0.2) is 23.0 Å². The van der Waals surface area contributed by atoms with E-state index >= 15 is 0 Å². The van der Waals surface area contributed by atoms with Crippen LogP contribution in [-0.4, -0.2) is 36.6 Å². The topological polar surface area (TPSA) is 100 Å². The number of aromatic hydroxyl groups is 2. The van der Waals surface area contributed by atoms with Crippen molar-refractivity contribution in [2.75, 3.05) is 14.2 Å². The van der Waals surface area contributed by atoms with Crippen molar-refractivity contribution >= 4 is 12.1 Å². The van der Waals surface area contributed by atoms with Gasteiger partial charge in [-0.15, -0.1) is 0 Å². The van der Waals surface area contributed by atoms with Crippen molar-refractivity contribution < 1.29 is 24.5 Å². The molecule has 0 bridgehead atoms. The predicted molar refractivity (Wildman–Crippen MR) is 84.4 cm³/mol. The second-order valence-corrected chi connectivity index (χ2v) is 4.49. The van der Waals surface area contributed by atoms with Gasteiger partial charge in [-0.1, -0.05) is 6.07 Å². The van der Waals surface area contributed by atoms with Crippen LogP contribution in [0.25, 0.3) is 0 Å². The van der Waals surface area contributed by atoms with E-state index in [0.717, 1.165) is 0 Å². The Hall–Kier alpha value is -3.22. The van der Waals surface area contributed by atoms with E-state index in [1.165, 1.54) is 38.6 Å². The molecule has 0 saturated carbocycles.